The van der Waals surface area contributed by atoms with E-state index in [0.29, 0.717) is 12.8 Å². The van der Waals surface area contributed by atoms with E-state index in [-0.39, 0.29) is 11.4 Å². The predicted octanol–water partition coefficient (Wildman–Crippen LogP) is 0.550. The third-order valence-electron chi connectivity index (χ3n) is 2.33. The Balaban J connectivity index is 2.64. The van der Waals surface area contributed by atoms with Crippen molar-refractivity contribution in [2.75, 3.05) is 12.0 Å². The maximum Gasteiger partial charge on any atom is 0.147 e. The summed E-state index contributed by atoms with van der Waals surface area (Å²) in [7, 11) is -3.00. The molecule has 0 aliphatic heterocycles. The van der Waals surface area contributed by atoms with E-state index in [1.54, 1.807) is 0 Å². The highest BCUT2D eigenvalue weighted by atomic mass is 32.2. The number of hydrogen-bond donors (Lipinski definition) is 2. The standard InChI is InChI=1S/C10H16FN3O2S/c1-17(15,16)7-3-5-9(14-12)10-8(11)4-2-6-13-10/h2,4,6,9,14H,3,5,7,12H2,1H3. The molecule has 0 spiro atoms. The van der Waals surface area contributed by atoms with Crippen molar-refractivity contribution in [2.45, 2.75) is 18.9 Å². The van der Waals surface area contributed by atoms with Gasteiger partial charge in [0.2, 0.25) is 0 Å². The molecular weight excluding hydrogens is 245 g/mol. The van der Waals surface area contributed by atoms with Crippen molar-refractivity contribution in [3.63, 3.8) is 0 Å². The second kappa shape index (κ2) is 6.04. The van der Waals surface area contributed by atoms with Crippen LogP contribution in [0.15, 0.2) is 18.3 Å². The molecule has 0 saturated carbocycles. The van der Waals surface area contributed by atoms with Crippen molar-refractivity contribution in [1.29, 1.82) is 0 Å². The molecule has 1 atom stereocenters. The number of hydrazine groups is 1. The summed E-state index contributed by atoms with van der Waals surface area (Å²) in [6.07, 6.45) is 3.46. The first-order valence-electron chi connectivity index (χ1n) is 5.18. The van der Waals surface area contributed by atoms with Crippen LogP contribution in [0.25, 0.3) is 0 Å². The molecule has 5 nitrogen and oxygen atoms in total. The molecule has 0 aliphatic carbocycles. The molecular formula is C10H16FN3O2S. The maximum absolute atomic E-state index is 13.4. The Labute approximate surface area is 100 Å². The molecule has 0 aliphatic rings. The van der Waals surface area contributed by atoms with Gasteiger partial charge in [0.15, 0.2) is 0 Å². The van der Waals surface area contributed by atoms with E-state index in [1.165, 1.54) is 24.6 Å². The summed E-state index contributed by atoms with van der Waals surface area (Å²) >= 11 is 0. The molecule has 1 aromatic heterocycles. The van der Waals surface area contributed by atoms with Gasteiger partial charge in [-0.15, -0.1) is 0 Å². The molecule has 3 N–H and O–H groups in total. The molecule has 0 amide bonds. The Bertz CT molecular complexity index is 464. The van der Waals surface area contributed by atoms with E-state index in [1.807, 2.05) is 0 Å². The molecule has 0 bridgehead atoms. The highest BCUT2D eigenvalue weighted by Crippen LogP contribution is 2.18. The lowest BCUT2D eigenvalue weighted by molar-refractivity contribution is 0.466. The van der Waals surface area contributed by atoms with Gasteiger partial charge < -0.3 is 0 Å². The number of nitrogens with one attached hydrogen (secondary N) is 1. The van der Waals surface area contributed by atoms with Gasteiger partial charge in [-0.2, -0.15) is 0 Å². The van der Waals surface area contributed by atoms with E-state index >= 15 is 0 Å². The smallest absolute Gasteiger partial charge is 0.147 e. The van der Waals surface area contributed by atoms with E-state index in [9.17, 15) is 12.8 Å². The highest BCUT2D eigenvalue weighted by molar-refractivity contribution is 7.90. The first-order valence-corrected chi connectivity index (χ1v) is 7.24. The maximum atomic E-state index is 13.4. The van der Waals surface area contributed by atoms with E-state index in [2.05, 4.69) is 10.4 Å². The zero-order valence-corrected chi connectivity index (χ0v) is 10.4. The van der Waals surface area contributed by atoms with Crippen LogP contribution in [-0.4, -0.2) is 25.4 Å². The van der Waals surface area contributed by atoms with Crippen LogP contribution in [0.4, 0.5) is 4.39 Å². The molecule has 7 heteroatoms. The van der Waals surface area contributed by atoms with E-state index in [4.69, 9.17) is 5.84 Å². The minimum absolute atomic E-state index is 0.0552. The molecule has 0 radical (unpaired) electrons. The summed E-state index contributed by atoms with van der Waals surface area (Å²) in [6, 6.07) is 2.31. The topological polar surface area (TPSA) is 85.1 Å². The number of halogens is 1. The molecule has 1 aromatic rings. The number of rotatable bonds is 6. The number of aromatic nitrogens is 1. The third-order valence-corrected chi connectivity index (χ3v) is 3.36. The van der Waals surface area contributed by atoms with Gasteiger partial charge in [-0.1, -0.05) is 0 Å². The molecule has 17 heavy (non-hydrogen) atoms. The quantitative estimate of drug-likeness (QED) is 0.577. The Morgan fingerprint density at radius 2 is 2.29 bits per heavy atom. The number of sulfone groups is 1. The summed E-state index contributed by atoms with van der Waals surface area (Å²) in [5.74, 6) is 4.92. The van der Waals surface area contributed by atoms with Crippen molar-refractivity contribution in [3.05, 3.63) is 29.8 Å². The lowest BCUT2D eigenvalue weighted by Gasteiger charge is -2.15. The number of hydrogen-bond acceptors (Lipinski definition) is 5. The zero-order valence-electron chi connectivity index (χ0n) is 9.56. The lowest BCUT2D eigenvalue weighted by atomic mass is 10.1. The van der Waals surface area contributed by atoms with Crippen LogP contribution >= 0.6 is 0 Å². The monoisotopic (exact) mass is 261 g/mol. The fourth-order valence-corrected chi connectivity index (χ4v) is 2.19. The summed E-state index contributed by atoms with van der Waals surface area (Å²) in [4.78, 5) is 3.90. The normalized spacial score (nSPS) is 13.6. The number of pyridine rings is 1. The highest BCUT2D eigenvalue weighted by Gasteiger charge is 2.16. The van der Waals surface area contributed by atoms with Gasteiger partial charge in [0.1, 0.15) is 15.7 Å². The molecule has 96 valence electrons. The van der Waals surface area contributed by atoms with Crippen molar-refractivity contribution >= 4 is 9.84 Å². The molecule has 1 rings (SSSR count). The van der Waals surface area contributed by atoms with Gasteiger partial charge >= 0.3 is 0 Å². The van der Waals surface area contributed by atoms with Gasteiger partial charge in [0, 0.05) is 18.2 Å². The minimum atomic E-state index is -3.00. The van der Waals surface area contributed by atoms with E-state index in [0.717, 1.165) is 0 Å². The second-order valence-electron chi connectivity index (χ2n) is 3.86. The first kappa shape index (κ1) is 14.0. The average molecular weight is 261 g/mol. The van der Waals surface area contributed by atoms with Crippen LogP contribution in [0.5, 0.6) is 0 Å². The van der Waals surface area contributed by atoms with Gasteiger partial charge in [-0.25, -0.2) is 12.8 Å². The van der Waals surface area contributed by atoms with Crippen molar-refractivity contribution in [3.8, 4) is 0 Å². The van der Waals surface area contributed by atoms with Crippen molar-refractivity contribution in [2.24, 2.45) is 5.84 Å². The third kappa shape index (κ3) is 4.76. The Hall–Kier alpha value is -1.05. The van der Waals surface area contributed by atoms with Gasteiger partial charge in [-0.3, -0.25) is 16.3 Å². The summed E-state index contributed by atoms with van der Waals surface area (Å²) < 4.78 is 35.3. The molecule has 1 unspecified atom stereocenters. The van der Waals surface area contributed by atoms with Crippen LogP contribution in [0.2, 0.25) is 0 Å². The Kier molecular flexibility index (Phi) is 4.98. The van der Waals surface area contributed by atoms with Crippen LogP contribution in [-0.2, 0) is 9.84 Å². The van der Waals surface area contributed by atoms with Gasteiger partial charge in [0.05, 0.1) is 11.7 Å². The summed E-state index contributed by atoms with van der Waals surface area (Å²) in [5, 5.41) is 0. The number of nitrogens with two attached hydrogens (primary N) is 1. The predicted molar refractivity (Wildman–Crippen MR) is 63.2 cm³/mol. The zero-order chi connectivity index (χ0) is 12.9. The van der Waals surface area contributed by atoms with Crippen LogP contribution < -0.4 is 11.3 Å². The van der Waals surface area contributed by atoms with Gasteiger partial charge in [-0.05, 0) is 25.0 Å². The Morgan fingerprint density at radius 3 is 2.82 bits per heavy atom. The molecule has 0 fully saturated rings. The number of nitrogens with zero attached hydrogens (tertiary/aromatic N) is 1. The SMILES string of the molecule is CS(=O)(=O)CCCC(NN)c1ncccc1F. The molecule has 0 saturated heterocycles. The van der Waals surface area contributed by atoms with Crippen molar-refractivity contribution in [1.82, 2.24) is 10.4 Å². The molecule has 0 aromatic carbocycles. The average Bonchev–Trinajstić information content (AvgIpc) is 2.24. The van der Waals surface area contributed by atoms with Crippen LogP contribution in [0.3, 0.4) is 0 Å². The summed E-state index contributed by atoms with van der Waals surface area (Å²) in [5.41, 5.74) is 2.66. The van der Waals surface area contributed by atoms with Crippen LogP contribution in [0, 0.1) is 5.82 Å². The van der Waals surface area contributed by atoms with E-state index < -0.39 is 21.7 Å². The Morgan fingerprint density at radius 1 is 1.59 bits per heavy atom. The fraction of sp³-hybridized carbons (Fsp3) is 0.500. The lowest BCUT2D eigenvalue weighted by Crippen LogP contribution is -2.29. The fourth-order valence-electron chi connectivity index (χ4n) is 1.50. The minimum Gasteiger partial charge on any atom is -0.271 e. The summed E-state index contributed by atoms with van der Waals surface area (Å²) in [6.45, 7) is 0. The van der Waals surface area contributed by atoms with Crippen LogP contribution in [0.1, 0.15) is 24.6 Å². The first-order chi connectivity index (χ1) is 7.94. The largest absolute Gasteiger partial charge is 0.271 e. The molecule has 1 heterocycles. The second-order valence-corrected chi connectivity index (χ2v) is 6.12. The van der Waals surface area contributed by atoms with Gasteiger partial charge in [0.25, 0.3) is 0 Å². The van der Waals surface area contributed by atoms with Crippen molar-refractivity contribution < 1.29 is 12.8 Å².